The summed E-state index contributed by atoms with van der Waals surface area (Å²) in [6.07, 6.45) is 8.42. The summed E-state index contributed by atoms with van der Waals surface area (Å²) < 4.78 is 28.3. The van der Waals surface area contributed by atoms with Gasteiger partial charge in [0, 0.05) is 42.1 Å². The lowest BCUT2D eigenvalue weighted by Crippen LogP contribution is -2.20. The Hall–Kier alpha value is -2.64. The average molecular weight is 395 g/mol. The fraction of sp³-hybridized carbons (Fsp3) is 0.286. The van der Waals surface area contributed by atoms with Gasteiger partial charge in [-0.2, -0.15) is 0 Å². The number of pyridine rings is 1. The number of hydrogen-bond acceptors (Lipinski definition) is 5. The third-order valence-corrected chi connectivity index (χ3v) is 7.16. The third-order valence-electron chi connectivity index (χ3n) is 5.52. The van der Waals surface area contributed by atoms with Crippen molar-refractivity contribution in [3.63, 3.8) is 0 Å². The van der Waals surface area contributed by atoms with Crippen molar-refractivity contribution in [2.24, 2.45) is 0 Å². The second kappa shape index (κ2) is 6.76. The Balaban J connectivity index is 1.67. The quantitative estimate of drug-likeness (QED) is 0.714. The maximum Gasteiger partial charge on any atom is 0.269 e. The highest BCUT2D eigenvalue weighted by Crippen LogP contribution is 2.32. The Labute approximate surface area is 164 Å². The largest absolute Gasteiger partial charge is 0.385 e. The van der Waals surface area contributed by atoms with Gasteiger partial charge in [0.1, 0.15) is 0 Å². The van der Waals surface area contributed by atoms with Gasteiger partial charge in [0.25, 0.3) is 10.0 Å². The molecule has 2 N–H and O–H groups in total. The van der Waals surface area contributed by atoms with E-state index in [4.69, 9.17) is 0 Å². The zero-order valence-electron chi connectivity index (χ0n) is 15.5. The van der Waals surface area contributed by atoms with Gasteiger partial charge in [-0.15, -0.1) is 0 Å². The molecule has 0 aliphatic carbocycles. The predicted molar refractivity (Wildman–Crippen MR) is 111 cm³/mol. The highest BCUT2D eigenvalue weighted by molar-refractivity contribution is 7.90. The average Bonchev–Trinajstić information content (AvgIpc) is 3.14. The zero-order chi connectivity index (χ0) is 19.1. The van der Waals surface area contributed by atoms with Gasteiger partial charge in [-0.1, -0.05) is 12.1 Å². The van der Waals surface area contributed by atoms with Crippen molar-refractivity contribution < 1.29 is 8.42 Å². The van der Waals surface area contributed by atoms with Crippen LogP contribution in [-0.2, 0) is 16.4 Å². The molecule has 0 spiro atoms. The molecule has 144 valence electrons. The highest BCUT2D eigenvalue weighted by atomic mass is 32.2. The maximum atomic E-state index is 13.5. The molecule has 6 nitrogen and oxygen atoms in total. The SMILES string of the molecule is O=S(=O)(c1ccc2c(c1)NCCC2)n1cc(C2=CCNCC2)c2cccnc21. The molecule has 7 heteroatoms. The third kappa shape index (κ3) is 2.82. The smallest absolute Gasteiger partial charge is 0.269 e. The molecule has 0 atom stereocenters. The molecule has 0 amide bonds. The van der Waals surface area contributed by atoms with Crippen LogP contribution in [-0.4, -0.2) is 37.0 Å². The topological polar surface area (TPSA) is 76.0 Å². The maximum absolute atomic E-state index is 13.5. The Bertz CT molecular complexity index is 1190. The van der Waals surface area contributed by atoms with Crippen LogP contribution < -0.4 is 10.6 Å². The van der Waals surface area contributed by atoms with E-state index >= 15 is 0 Å². The van der Waals surface area contributed by atoms with Crippen LogP contribution in [0.25, 0.3) is 16.6 Å². The minimum atomic E-state index is -3.75. The summed E-state index contributed by atoms with van der Waals surface area (Å²) in [6, 6.07) is 9.18. The summed E-state index contributed by atoms with van der Waals surface area (Å²) in [5, 5.41) is 7.49. The number of rotatable bonds is 3. The number of benzene rings is 1. The fourth-order valence-electron chi connectivity index (χ4n) is 4.05. The molecule has 5 rings (SSSR count). The van der Waals surface area contributed by atoms with E-state index in [1.54, 1.807) is 24.5 Å². The molecule has 0 fully saturated rings. The van der Waals surface area contributed by atoms with Gasteiger partial charge in [0.15, 0.2) is 5.65 Å². The highest BCUT2D eigenvalue weighted by Gasteiger charge is 2.24. The summed E-state index contributed by atoms with van der Waals surface area (Å²) in [7, 11) is -3.75. The molecule has 2 aliphatic rings. The van der Waals surface area contributed by atoms with Crippen LogP contribution in [0.15, 0.2) is 53.7 Å². The van der Waals surface area contributed by atoms with Crippen LogP contribution in [0.4, 0.5) is 5.69 Å². The first-order valence-corrected chi connectivity index (χ1v) is 11.1. The predicted octanol–water partition coefficient (Wildman–Crippen LogP) is 3.01. The fourth-order valence-corrected chi connectivity index (χ4v) is 5.40. The van der Waals surface area contributed by atoms with Crippen molar-refractivity contribution >= 4 is 32.3 Å². The Morgan fingerprint density at radius 2 is 2.04 bits per heavy atom. The minimum absolute atomic E-state index is 0.286. The van der Waals surface area contributed by atoms with Crippen molar-refractivity contribution in [2.75, 3.05) is 25.0 Å². The molecule has 1 aromatic carbocycles. The second-order valence-corrected chi connectivity index (χ2v) is 9.07. The number of hydrogen-bond donors (Lipinski definition) is 2. The first-order valence-electron chi connectivity index (χ1n) is 9.63. The molecule has 4 heterocycles. The second-order valence-electron chi connectivity index (χ2n) is 7.25. The van der Waals surface area contributed by atoms with E-state index in [1.165, 1.54) is 9.54 Å². The first kappa shape index (κ1) is 17.5. The normalized spacial score (nSPS) is 17.1. The number of aryl methyl sites for hydroxylation is 1. The van der Waals surface area contributed by atoms with Crippen molar-refractivity contribution in [2.45, 2.75) is 24.2 Å². The van der Waals surface area contributed by atoms with Crippen LogP contribution in [0.2, 0.25) is 0 Å². The van der Waals surface area contributed by atoms with E-state index in [0.717, 1.165) is 61.1 Å². The van der Waals surface area contributed by atoms with E-state index in [9.17, 15) is 8.42 Å². The lowest BCUT2D eigenvalue weighted by molar-refractivity contribution is 0.588. The number of nitrogens with one attached hydrogen (secondary N) is 2. The Morgan fingerprint density at radius 1 is 1.11 bits per heavy atom. The molecule has 3 aromatic rings. The van der Waals surface area contributed by atoms with Gasteiger partial charge in [-0.3, -0.25) is 0 Å². The molecular formula is C21H22N4O2S. The number of aromatic nitrogens is 2. The summed E-state index contributed by atoms with van der Waals surface area (Å²) in [5.74, 6) is 0. The summed E-state index contributed by atoms with van der Waals surface area (Å²) in [5.41, 5.74) is 4.67. The summed E-state index contributed by atoms with van der Waals surface area (Å²) in [4.78, 5) is 4.69. The van der Waals surface area contributed by atoms with Gasteiger partial charge in [0.05, 0.1) is 4.90 Å². The number of fused-ring (bicyclic) bond motifs is 2. The van der Waals surface area contributed by atoms with Crippen molar-refractivity contribution in [3.8, 4) is 0 Å². The van der Waals surface area contributed by atoms with Crippen LogP contribution in [0.1, 0.15) is 24.0 Å². The molecule has 0 saturated heterocycles. The van der Waals surface area contributed by atoms with Crippen LogP contribution in [0, 0.1) is 0 Å². The van der Waals surface area contributed by atoms with Gasteiger partial charge < -0.3 is 10.6 Å². The molecule has 0 radical (unpaired) electrons. The number of nitrogens with zero attached hydrogens (tertiary/aromatic N) is 2. The first-order chi connectivity index (χ1) is 13.6. The zero-order valence-corrected chi connectivity index (χ0v) is 16.3. The molecule has 2 aliphatic heterocycles. The van der Waals surface area contributed by atoms with E-state index in [2.05, 4.69) is 21.7 Å². The molecule has 28 heavy (non-hydrogen) atoms. The molecule has 0 saturated carbocycles. The standard InChI is InChI=1S/C21H22N4O2S/c26-28(27,17-6-5-16-3-1-9-23-20(16)13-17)25-14-19(15-7-11-22-12-8-15)18-4-2-10-24-21(18)25/h2,4-7,10,13-14,22-23H,1,3,8-9,11-12H2. The van der Waals surface area contributed by atoms with Crippen LogP contribution in [0.5, 0.6) is 0 Å². The minimum Gasteiger partial charge on any atom is -0.385 e. The molecule has 2 aromatic heterocycles. The Morgan fingerprint density at radius 3 is 2.89 bits per heavy atom. The van der Waals surface area contributed by atoms with Crippen LogP contribution >= 0.6 is 0 Å². The Kier molecular flexibility index (Phi) is 4.21. The van der Waals surface area contributed by atoms with Gasteiger partial charge >= 0.3 is 0 Å². The van der Waals surface area contributed by atoms with Gasteiger partial charge in [-0.25, -0.2) is 17.4 Å². The van der Waals surface area contributed by atoms with Crippen LogP contribution in [0.3, 0.4) is 0 Å². The summed E-state index contributed by atoms with van der Waals surface area (Å²) in [6.45, 7) is 2.56. The van der Waals surface area contributed by atoms with E-state index in [1.807, 2.05) is 18.2 Å². The van der Waals surface area contributed by atoms with Crippen molar-refractivity contribution in [1.82, 2.24) is 14.3 Å². The molecular weight excluding hydrogens is 372 g/mol. The van der Waals surface area contributed by atoms with Gasteiger partial charge in [-0.05, 0) is 61.2 Å². The van der Waals surface area contributed by atoms with Crippen molar-refractivity contribution in [1.29, 1.82) is 0 Å². The lowest BCUT2D eigenvalue weighted by atomic mass is 10.0. The summed E-state index contributed by atoms with van der Waals surface area (Å²) >= 11 is 0. The van der Waals surface area contributed by atoms with Gasteiger partial charge in [0.2, 0.25) is 0 Å². The molecule has 0 unspecified atom stereocenters. The van der Waals surface area contributed by atoms with E-state index in [-0.39, 0.29) is 4.90 Å². The van der Waals surface area contributed by atoms with Crippen molar-refractivity contribution in [3.05, 3.63) is 59.9 Å². The van der Waals surface area contributed by atoms with E-state index in [0.29, 0.717) is 5.65 Å². The number of anilines is 1. The molecule has 0 bridgehead atoms. The van der Waals surface area contributed by atoms with E-state index < -0.39 is 10.0 Å². The monoisotopic (exact) mass is 394 g/mol. The lowest BCUT2D eigenvalue weighted by Gasteiger charge is -2.19.